The normalized spacial score (nSPS) is 15.4. The van der Waals surface area contributed by atoms with Crippen LogP contribution in [0.1, 0.15) is 32.5 Å². The summed E-state index contributed by atoms with van der Waals surface area (Å²) >= 11 is 5.98. The first-order chi connectivity index (χ1) is 7.24. The minimum atomic E-state index is 0.552. The summed E-state index contributed by atoms with van der Waals surface area (Å²) in [5.41, 5.74) is 0. The Morgan fingerprint density at radius 3 is 2.67 bits per heavy atom. The van der Waals surface area contributed by atoms with E-state index in [1.807, 2.05) is 13.0 Å². The molecule has 0 saturated heterocycles. The van der Waals surface area contributed by atoms with E-state index in [2.05, 4.69) is 21.8 Å². The number of rotatable bonds is 4. The molecule has 0 amide bonds. The van der Waals surface area contributed by atoms with Gasteiger partial charge in [-0.1, -0.05) is 18.5 Å². The van der Waals surface area contributed by atoms with Gasteiger partial charge in [-0.2, -0.15) is 0 Å². The molecule has 1 aliphatic carbocycles. The zero-order valence-corrected chi connectivity index (χ0v) is 9.96. The molecule has 15 heavy (non-hydrogen) atoms. The Bertz CT molecular complexity index is 350. The third kappa shape index (κ3) is 2.40. The zero-order valence-electron chi connectivity index (χ0n) is 9.20. The van der Waals surface area contributed by atoms with Gasteiger partial charge in [-0.15, -0.1) is 0 Å². The molecular formula is C11H16ClN3. The van der Waals surface area contributed by atoms with Crippen molar-refractivity contribution in [2.45, 2.75) is 39.2 Å². The van der Waals surface area contributed by atoms with Crippen molar-refractivity contribution in [3.05, 3.63) is 17.0 Å². The fourth-order valence-corrected chi connectivity index (χ4v) is 1.95. The Labute approximate surface area is 95.5 Å². The second-order valence-corrected chi connectivity index (χ2v) is 4.22. The molecule has 4 heteroatoms. The van der Waals surface area contributed by atoms with Gasteiger partial charge in [0.15, 0.2) is 0 Å². The first-order valence-electron chi connectivity index (χ1n) is 5.54. The molecule has 82 valence electrons. The van der Waals surface area contributed by atoms with Crippen LogP contribution < -0.4 is 4.90 Å². The second-order valence-electron chi connectivity index (χ2n) is 3.84. The van der Waals surface area contributed by atoms with E-state index in [4.69, 9.17) is 11.6 Å². The van der Waals surface area contributed by atoms with E-state index in [0.717, 1.165) is 24.6 Å². The van der Waals surface area contributed by atoms with Crippen LogP contribution in [-0.4, -0.2) is 22.6 Å². The fourth-order valence-electron chi connectivity index (χ4n) is 1.75. The predicted molar refractivity (Wildman–Crippen MR) is 62.5 cm³/mol. The van der Waals surface area contributed by atoms with Crippen molar-refractivity contribution >= 4 is 17.4 Å². The van der Waals surface area contributed by atoms with Crippen LogP contribution in [0.2, 0.25) is 5.15 Å². The lowest BCUT2D eigenvalue weighted by Gasteiger charge is -2.21. The van der Waals surface area contributed by atoms with E-state index < -0.39 is 0 Å². The van der Waals surface area contributed by atoms with Gasteiger partial charge in [0.25, 0.3) is 0 Å². The van der Waals surface area contributed by atoms with Crippen molar-refractivity contribution in [1.82, 2.24) is 9.97 Å². The maximum absolute atomic E-state index is 5.98. The van der Waals surface area contributed by atoms with Crippen molar-refractivity contribution in [3.8, 4) is 0 Å². The van der Waals surface area contributed by atoms with Crippen LogP contribution in [-0.2, 0) is 6.42 Å². The number of nitrogens with zero attached hydrogens (tertiary/aromatic N) is 3. The summed E-state index contributed by atoms with van der Waals surface area (Å²) < 4.78 is 0. The van der Waals surface area contributed by atoms with Crippen LogP contribution in [0, 0.1) is 0 Å². The molecule has 0 unspecified atom stereocenters. The fraction of sp³-hybridized carbons (Fsp3) is 0.636. The molecule has 0 aromatic carbocycles. The Kier molecular flexibility index (Phi) is 3.10. The van der Waals surface area contributed by atoms with E-state index in [-0.39, 0.29) is 0 Å². The van der Waals surface area contributed by atoms with E-state index in [1.165, 1.54) is 12.8 Å². The monoisotopic (exact) mass is 225 g/mol. The molecule has 1 saturated carbocycles. The average molecular weight is 226 g/mol. The van der Waals surface area contributed by atoms with Crippen molar-refractivity contribution in [2.75, 3.05) is 11.4 Å². The average Bonchev–Trinajstić information content (AvgIpc) is 3.02. The quantitative estimate of drug-likeness (QED) is 0.738. The molecular weight excluding hydrogens is 210 g/mol. The van der Waals surface area contributed by atoms with Crippen LogP contribution >= 0.6 is 11.6 Å². The lowest BCUT2D eigenvalue weighted by atomic mass is 10.4. The molecule has 0 N–H and O–H groups in total. The van der Waals surface area contributed by atoms with Crippen LogP contribution in [0.5, 0.6) is 0 Å². The number of hydrogen-bond acceptors (Lipinski definition) is 3. The highest BCUT2D eigenvalue weighted by molar-refractivity contribution is 6.29. The summed E-state index contributed by atoms with van der Waals surface area (Å²) in [5, 5.41) is 0.552. The van der Waals surface area contributed by atoms with Gasteiger partial charge in [0.05, 0.1) is 0 Å². The molecule has 0 spiro atoms. The molecule has 0 bridgehead atoms. The first-order valence-corrected chi connectivity index (χ1v) is 5.92. The summed E-state index contributed by atoms with van der Waals surface area (Å²) in [6, 6.07) is 2.54. The number of aryl methyl sites for hydroxylation is 1. The highest BCUT2D eigenvalue weighted by Crippen LogP contribution is 2.31. The lowest BCUT2D eigenvalue weighted by Crippen LogP contribution is -2.26. The molecule has 1 fully saturated rings. The number of anilines is 1. The van der Waals surface area contributed by atoms with Crippen LogP contribution in [0.25, 0.3) is 0 Å². The van der Waals surface area contributed by atoms with Gasteiger partial charge in [-0.3, -0.25) is 0 Å². The number of aromatic nitrogens is 2. The lowest BCUT2D eigenvalue weighted by molar-refractivity contribution is 0.792. The third-order valence-electron chi connectivity index (χ3n) is 2.67. The second kappa shape index (κ2) is 4.35. The van der Waals surface area contributed by atoms with Gasteiger partial charge in [0.1, 0.15) is 16.8 Å². The van der Waals surface area contributed by atoms with Gasteiger partial charge in [0.2, 0.25) is 0 Å². The Morgan fingerprint density at radius 2 is 2.13 bits per heavy atom. The number of hydrogen-bond donors (Lipinski definition) is 0. The van der Waals surface area contributed by atoms with Crippen LogP contribution in [0.3, 0.4) is 0 Å². The molecule has 0 aliphatic heterocycles. The molecule has 0 atom stereocenters. The van der Waals surface area contributed by atoms with Crippen molar-refractivity contribution < 1.29 is 0 Å². The van der Waals surface area contributed by atoms with Crippen LogP contribution in [0.15, 0.2) is 6.07 Å². The Hall–Kier alpha value is -0.830. The third-order valence-corrected chi connectivity index (χ3v) is 2.86. The summed E-state index contributed by atoms with van der Waals surface area (Å²) in [7, 11) is 0. The Balaban J connectivity index is 2.28. The molecule has 3 nitrogen and oxygen atoms in total. The summed E-state index contributed by atoms with van der Waals surface area (Å²) in [4.78, 5) is 11.0. The predicted octanol–water partition coefficient (Wildman–Crippen LogP) is 2.68. The minimum Gasteiger partial charge on any atom is -0.354 e. The standard InChI is InChI=1S/C11H16ClN3/c1-3-10-13-9(12)7-11(14-10)15(4-2)8-5-6-8/h7-8H,3-6H2,1-2H3. The van der Waals surface area contributed by atoms with E-state index in [0.29, 0.717) is 11.2 Å². The number of halogens is 1. The molecule has 1 aromatic rings. The largest absolute Gasteiger partial charge is 0.354 e. The SMILES string of the molecule is CCc1nc(Cl)cc(N(CC)C2CC2)n1. The smallest absolute Gasteiger partial charge is 0.134 e. The molecule has 1 aromatic heterocycles. The summed E-state index contributed by atoms with van der Waals surface area (Å²) in [6.45, 7) is 5.18. The van der Waals surface area contributed by atoms with Crippen LogP contribution in [0.4, 0.5) is 5.82 Å². The molecule has 1 aliphatic rings. The minimum absolute atomic E-state index is 0.552. The maximum Gasteiger partial charge on any atom is 0.134 e. The Morgan fingerprint density at radius 1 is 1.40 bits per heavy atom. The van der Waals surface area contributed by atoms with Crippen molar-refractivity contribution in [2.24, 2.45) is 0 Å². The van der Waals surface area contributed by atoms with E-state index in [1.54, 1.807) is 0 Å². The van der Waals surface area contributed by atoms with Gasteiger partial charge in [-0.05, 0) is 19.8 Å². The maximum atomic E-state index is 5.98. The van der Waals surface area contributed by atoms with Gasteiger partial charge in [0, 0.05) is 25.1 Å². The van der Waals surface area contributed by atoms with Gasteiger partial charge >= 0.3 is 0 Å². The van der Waals surface area contributed by atoms with E-state index >= 15 is 0 Å². The summed E-state index contributed by atoms with van der Waals surface area (Å²) in [5.74, 6) is 1.81. The molecule has 2 rings (SSSR count). The van der Waals surface area contributed by atoms with Crippen molar-refractivity contribution in [1.29, 1.82) is 0 Å². The topological polar surface area (TPSA) is 29.0 Å². The van der Waals surface area contributed by atoms with Gasteiger partial charge in [-0.25, -0.2) is 9.97 Å². The molecule has 1 heterocycles. The first kappa shape index (κ1) is 10.7. The zero-order chi connectivity index (χ0) is 10.8. The van der Waals surface area contributed by atoms with E-state index in [9.17, 15) is 0 Å². The summed E-state index contributed by atoms with van der Waals surface area (Å²) in [6.07, 6.45) is 3.38. The van der Waals surface area contributed by atoms with Crippen molar-refractivity contribution in [3.63, 3.8) is 0 Å². The highest BCUT2D eigenvalue weighted by atomic mass is 35.5. The van der Waals surface area contributed by atoms with Gasteiger partial charge < -0.3 is 4.90 Å². The highest BCUT2D eigenvalue weighted by Gasteiger charge is 2.29. The molecule has 0 radical (unpaired) electrons.